The van der Waals surface area contributed by atoms with Gasteiger partial charge in [-0.1, -0.05) is 37.3 Å². The molecule has 1 aliphatic carbocycles. The van der Waals surface area contributed by atoms with Gasteiger partial charge in [0.05, 0.1) is 0 Å². The Balaban J connectivity index is 1.88. The van der Waals surface area contributed by atoms with Gasteiger partial charge in [0, 0.05) is 6.54 Å². The van der Waals surface area contributed by atoms with Gasteiger partial charge in [-0.15, -0.1) is 0 Å². The number of nitrogens with one attached hydrogen (secondary N) is 1. The Morgan fingerprint density at radius 1 is 1.20 bits per heavy atom. The second kappa shape index (κ2) is 5.27. The topological polar surface area (TPSA) is 49.4 Å². The average Bonchev–Trinajstić information content (AvgIpc) is 3.28. The smallest absolute Gasteiger partial charge is 0.250 e. The van der Waals surface area contributed by atoms with E-state index in [2.05, 4.69) is 5.32 Å². The highest BCUT2D eigenvalue weighted by molar-refractivity contribution is 5.97. The van der Waals surface area contributed by atoms with Gasteiger partial charge in [0.2, 0.25) is 11.8 Å². The molecule has 1 heterocycles. The standard InChI is InChI=1S/C16H20N2O2/c1-2-10-18-14(12-8-9-12)15(19)17-13(16(18)20)11-6-4-3-5-7-11/h3-7,12-14H,2,8-10H2,1H3,(H,17,19). The number of nitrogens with zero attached hydrogens (tertiary/aromatic N) is 1. The van der Waals surface area contributed by atoms with E-state index in [9.17, 15) is 9.59 Å². The van der Waals surface area contributed by atoms with E-state index >= 15 is 0 Å². The van der Waals surface area contributed by atoms with Crippen molar-refractivity contribution in [2.24, 2.45) is 5.92 Å². The van der Waals surface area contributed by atoms with Gasteiger partial charge in [0.25, 0.3) is 0 Å². The van der Waals surface area contributed by atoms with Crippen LogP contribution >= 0.6 is 0 Å². The lowest BCUT2D eigenvalue weighted by Gasteiger charge is -2.39. The SMILES string of the molecule is CCCN1C(=O)C(c2ccccc2)NC(=O)C1C1CC1. The molecule has 0 spiro atoms. The predicted octanol–water partition coefficient (Wildman–Crippen LogP) is 1.87. The lowest BCUT2D eigenvalue weighted by molar-refractivity contribution is -0.150. The molecule has 4 heteroatoms. The first-order valence-corrected chi connectivity index (χ1v) is 7.38. The molecule has 20 heavy (non-hydrogen) atoms. The number of hydrogen-bond acceptors (Lipinski definition) is 2. The van der Waals surface area contributed by atoms with Crippen LogP contribution in [0, 0.1) is 5.92 Å². The first-order valence-electron chi connectivity index (χ1n) is 7.38. The molecule has 1 saturated heterocycles. The lowest BCUT2D eigenvalue weighted by Crippen LogP contribution is -2.60. The van der Waals surface area contributed by atoms with Gasteiger partial charge in [-0.2, -0.15) is 0 Å². The van der Waals surface area contributed by atoms with Crippen molar-refractivity contribution in [2.45, 2.75) is 38.3 Å². The summed E-state index contributed by atoms with van der Waals surface area (Å²) in [6.07, 6.45) is 2.99. The molecule has 1 saturated carbocycles. The summed E-state index contributed by atoms with van der Waals surface area (Å²) in [4.78, 5) is 26.9. The quantitative estimate of drug-likeness (QED) is 0.909. The maximum atomic E-state index is 12.7. The zero-order chi connectivity index (χ0) is 14.1. The summed E-state index contributed by atoms with van der Waals surface area (Å²) in [6.45, 7) is 2.71. The third kappa shape index (κ3) is 2.30. The number of carbonyl (C=O) groups excluding carboxylic acids is 2. The summed E-state index contributed by atoms with van der Waals surface area (Å²) in [5.41, 5.74) is 0.862. The predicted molar refractivity (Wildman–Crippen MR) is 75.8 cm³/mol. The van der Waals surface area contributed by atoms with Gasteiger partial charge in [-0.05, 0) is 30.7 Å². The van der Waals surface area contributed by atoms with Crippen LogP contribution in [0.1, 0.15) is 37.8 Å². The summed E-state index contributed by atoms with van der Waals surface area (Å²) >= 11 is 0. The minimum absolute atomic E-state index is 0.00871. The highest BCUT2D eigenvalue weighted by atomic mass is 16.2. The van der Waals surface area contributed by atoms with Crippen molar-refractivity contribution in [2.75, 3.05) is 6.54 Å². The van der Waals surface area contributed by atoms with Crippen LogP contribution in [0.15, 0.2) is 30.3 Å². The van der Waals surface area contributed by atoms with E-state index in [4.69, 9.17) is 0 Å². The fourth-order valence-electron chi connectivity index (χ4n) is 2.98. The second-order valence-corrected chi connectivity index (χ2v) is 5.67. The summed E-state index contributed by atoms with van der Waals surface area (Å²) in [5.74, 6) is 0.408. The van der Waals surface area contributed by atoms with Gasteiger partial charge in [-0.25, -0.2) is 0 Å². The van der Waals surface area contributed by atoms with Crippen LogP contribution in [0.5, 0.6) is 0 Å². The van der Waals surface area contributed by atoms with Crippen LogP contribution in [0.2, 0.25) is 0 Å². The van der Waals surface area contributed by atoms with Gasteiger partial charge >= 0.3 is 0 Å². The molecule has 2 amide bonds. The second-order valence-electron chi connectivity index (χ2n) is 5.67. The molecule has 1 aromatic rings. The Morgan fingerprint density at radius 2 is 1.90 bits per heavy atom. The normalized spacial score (nSPS) is 26.6. The minimum Gasteiger partial charge on any atom is -0.339 e. The minimum atomic E-state index is -0.523. The maximum absolute atomic E-state index is 12.7. The van der Waals surface area contributed by atoms with Crippen LogP contribution in [-0.4, -0.2) is 29.3 Å². The van der Waals surface area contributed by atoms with Crippen LogP contribution in [0.25, 0.3) is 0 Å². The van der Waals surface area contributed by atoms with Crippen molar-refractivity contribution in [3.63, 3.8) is 0 Å². The van der Waals surface area contributed by atoms with Crippen molar-refractivity contribution < 1.29 is 9.59 Å². The highest BCUT2D eigenvalue weighted by Gasteiger charge is 2.47. The molecule has 0 aromatic heterocycles. The van der Waals surface area contributed by atoms with E-state index in [0.29, 0.717) is 12.5 Å². The highest BCUT2D eigenvalue weighted by Crippen LogP contribution is 2.38. The molecular formula is C16H20N2O2. The molecule has 3 rings (SSSR count). The maximum Gasteiger partial charge on any atom is 0.250 e. The van der Waals surface area contributed by atoms with Crippen LogP contribution in [0.4, 0.5) is 0 Å². The first-order chi connectivity index (χ1) is 9.72. The Morgan fingerprint density at radius 3 is 2.50 bits per heavy atom. The van der Waals surface area contributed by atoms with Crippen molar-refractivity contribution >= 4 is 11.8 Å². The average molecular weight is 272 g/mol. The summed E-state index contributed by atoms with van der Waals surface area (Å²) < 4.78 is 0. The molecule has 0 bridgehead atoms. The third-order valence-corrected chi connectivity index (χ3v) is 4.09. The van der Waals surface area contributed by atoms with Crippen LogP contribution in [-0.2, 0) is 9.59 Å². The zero-order valence-electron chi connectivity index (χ0n) is 11.7. The Kier molecular flexibility index (Phi) is 3.47. The Labute approximate surface area is 119 Å². The van der Waals surface area contributed by atoms with E-state index < -0.39 is 6.04 Å². The molecule has 1 aromatic carbocycles. The van der Waals surface area contributed by atoms with E-state index in [0.717, 1.165) is 24.8 Å². The van der Waals surface area contributed by atoms with Gasteiger partial charge in [0.1, 0.15) is 12.1 Å². The number of benzene rings is 1. The van der Waals surface area contributed by atoms with Crippen LogP contribution in [0.3, 0.4) is 0 Å². The van der Waals surface area contributed by atoms with Crippen molar-refractivity contribution in [3.05, 3.63) is 35.9 Å². The molecular weight excluding hydrogens is 252 g/mol. The summed E-state index contributed by atoms with van der Waals surface area (Å²) in [6, 6.07) is 8.72. The molecule has 106 valence electrons. The molecule has 2 unspecified atom stereocenters. The number of hydrogen-bond donors (Lipinski definition) is 1. The largest absolute Gasteiger partial charge is 0.339 e. The van der Waals surface area contributed by atoms with E-state index in [1.54, 1.807) is 4.90 Å². The number of carbonyl (C=O) groups is 2. The number of amides is 2. The van der Waals surface area contributed by atoms with Crippen molar-refractivity contribution in [3.8, 4) is 0 Å². The molecule has 1 aliphatic heterocycles. The van der Waals surface area contributed by atoms with Crippen LogP contribution < -0.4 is 5.32 Å². The van der Waals surface area contributed by atoms with Crippen molar-refractivity contribution in [1.29, 1.82) is 0 Å². The fourth-order valence-corrected chi connectivity index (χ4v) is 2.98. The van der Waals surface area contributed by atoms with Crippen molar-refractivity contribution in [1.82, 2.24) is 10.2 Å². The monoisotopic (exact) mass is 272 g/mol. The molecule has 2 aliphatic rings. The first kappa shape index (κ1) is 13.2. The molecule has 0 radical (unpaired) electrons. The molecule has 2 atom stereocenters. The van der Waals surface area contributed by atoms with Gasteiger partial charge < -0.3 is 10.2 Å². The Bertz CT molecular complexity index is 510. The summed E-state index contributed by atoms with van der Waals surface area (Å²) in [7, 11) is 0. The van der Waals surface area contributed by atoms with E-state index in [-0.39, 0.29) is 17.9 Å². The van der Waals surface area contributed by atoms with Gasteiger partial charge in [0.15, 0.2) is 0 Å². The fraction of sp³-hybridized carbons (Fsp3) is 0.500. The molecule has 1 N–H and O–H groups in total. The Hall–Kier alpha value is -1.84. The van der Waals surface area contributed by atoms with E-state index in [1.807, 2.05) is 37.3 Å². The molecule has 4 nitrogen and oxygen atoms in total. The van der Waals surface area contributed by atoms with Gasteiger partial charge in [-0.3, -0.25) is 9.59 Å². The number of rotatable bonds is 4. The lowest BCUT2D eigenvalue weighted by atomic mass is 9.98. The third-order valence-electron chi connectivity index (χ3n) is 4.09. The molecule has 2 fully saturated rings. The summed E-state index contributed by atoms with van der Waals surface area (Å²) in [5, 5.41) is 2.91. The number of piperazine rings is 1. The zero-order valence-corrected chi connectivity index (χ0v) is 11.7. The van der Waals surface area contributed by atoms with E-state index in [1.165, 1.54) is 0 Å².